The molecular formula is C33H27ClF5N5O3. The minimum Gasteiger partial charge on any atom is -0.377 e. The number of nitrogens with one attached hydrogen (secondary N) is 1. The van der Waals surface area contributed by atoms with Crippen molar-refractivity contribution in [2.24, 2.45) is 7.05 Å². The molecule has 0 spiro atoms. The van der Waals surface area contributed by atoms with E-state index >= 15 is 8.78 Å². The van der Waals surface area contributed by atoms with Crippen molar-refractivity contribution in [3.63, 3.8) is 0 Å². The number of hydrogen-bond acceptors (Lipinski definition) is 5. The molecule has 14 heteroatoms. The Morgan fingerprint density at radius 2 is 1.85 bits per heavy atom. The van der Waals surface area contributed by atoms with Crippen LogP contribution in [-0.2, 0) is 35.8 Å². The molecule has 244 valence electrons. The Kier molecular flexibility index (Phi) is 8.30. The molecule has 5 aromatic rings. The zero-order chi connectivity index (χ0) is 33.8. The van der Waals surface area contributed by atoms with Crippen LogP contribution in [0.15, 0.2) is 54.7 Å². The molecular weight excluding hydrogens is 645 g/mol. The summed E-state index contributed by atoms with van der Waals surface area (Å²) in [7, 11) is 4.80. The fraction of sp³-hybridized carbons (Fsp3) is 0.242. The van der Waals surface area contributed by atoms with E-state index in [0.29, 0.717) is 28.8 Å². The second-order valence-electron chi connectivity index (χ2n) is 11.1. The topological polar surface area (TPSA) is 80.9 Å². The fourth-order valence-corrected chi connectivity index (χ4v) is 6.16. The van der Waals surface area contributed by atoms with Crippen LogP contribution in [0.5, 0.6) is 0 Å². The van der Waals surface area contributed by atoms with Gasteiger partial charge < -0.3 is 23.9 Å². The van der Waals surface area contributed by atoms with E-state index in [9.17, 15) is 22.8 Å². The van der Waals surface area contributed by atoms with Gasteiger partial charge in [-0.15, -0.1) is 11.6 Å². The monoisotopic (exact) mass is 671 g/mol. The number of aromatic nitrogens is 3. The second-order valence-corrected chi connectivity index (χ2v) is 11.4. The van der Waals surface area contributed by atoms with Gasteiger partial charge in [0.25, 0.3) is 0 Å². The van der Waals surface area contributed by atoms with E-state index in [2.05, 4.69) is 10.3 Å². The largest absolute Gasteiger partial charge is 0.417 e. The van der Waals surface area contributed by atoms with E-state index in [0.717, 1.165) is 24.3 Å². The van der Waals surface area contributed by atoms with Gasteiger partial charge in [0, 0.05) is 62.6 Å². The number of pyridine rings is 1. The molecule has 1 amide bonds. The lowest BCUT2D eigenvalue weighted by atomic mass is 9.92. The molecule has 6 rings (SSSR count). The number of benzene rings is 2. The highest BCUT2D eigenvalue weighted by molar-refractivity contribution is 6.19. The number of fused-ring (bicyclic) bond motifs is 4. The smallest absolute Gasteiger partial charge is 0.377 e. The van der Waals surface area contributed by atoms with Gasteiger partial charge in [-0.25, -0.2) is 13.8 Å². The first-order chi connectivity index (χ1) is 22.3. The van der Waals surface area contributed by atoms with Gasteiger partial charge in [-0.3, -0.25) is 9.59 Å². The molecule has 47 heavy (non-hydrogen) atoms. The van der Waals surface area contributed by atoms with E-state index in [1.807, 2.05) is 0 Å². The lowest BCUT2D eigenvalue weighted by Gasteiger charge is -2.28. The molecule has 1 aliphatic heterocycles. The Morgan fingerprint density at radius 1 is 1.13 bits per heavy atom. The molecule has 0 radical (unpaired) electrons. The molecule has 2 aromatic carbocycles. The molecule has 8 nitrogen and oxygen atoms in total. The molecule has 0 atom stereocenters. The summed E-state index contributed by atoms with van der Waals surface area (Å²) in [5.74, 6) is -3.48. The Balaban J connectivity index is 1.55. The Hall–Kier alpha value is -4.75. The number of carbonyl (C=O) groups excluding carboxylic acids is 2. The van der Waals surface area contributed by atoms with Crippen molar-refractivity contribution in [3.05, 3.63) is 94.6 Å². The number of hydrogen-bond donors (Lipinski definition) is 1. The summed E-state index contributed by atoms with van der Waals surface area (Å²) in [6, 6.07) is 7.28. The predicted octanol–water partition coefficient (Wildman–Crippen LogP) is 6.89. The number of allylic oxidation sites excluding steroid dienone is 1. The average molecular weight is 672 g/mol. The summed E-state index contributed by atoms with van der Waals surface area (Å²) in [6.07, 6.45) is -0.595. The lowest BCUT2D eigenvalue weighted by Crippen LogP contribution is -2.24. The molecule has 4 heterocycles. The SMILES string of the molecule is COCc1nc2c3c(c(C(F)(F)F)cc2n1C)-c1cccn2c(C(=O)c4cc(F)c(NC(=O)/C=C/CCl)c(F)c4)cc(c12)CCN3C. The molecule has 1 aliphatic rings. The summed E-state index contributed by atoms with van der Waals surface area (Å²) in [4.78, 5) is 32.2. The van der Waals surface area contributed by atoms with Crippen LogP contribution in [0.2, 0.25) is 0 Å². The van der Waals surface area contributed by atoms with Gasteiger partial charge in [0.2, 0.25) is 11.7 Å². The number of imidazole rings is 1. The minimum atomic E-state index is -4.76. The van der Waals surface area contributed by atoms with Crippen LogP contribution in [-0.4, -0.2) is 52.2 Å². The number of ketones is 1. The summed E-state index contributed by atoms with van der Waals surface area (Å²) < 4.78 is 82.9. The zero-order valence-electron chi connectivity index (χ0n) is 25.3. The quantitative estimate of drug-likeness (QED) is 0.0882. The Morgan fingerprint density at radius 3 is 2.51 bits per heavy atom. The first-order valence-electron chi connectivity index (χ1n) is 14.4. The molecule has 3 aromatic heterocycles. The first-order valence-corrected chi connectivity index (χ1v) is 14.9. The molecule has 0 fully saturated rings. The number of amides is 1. The van der Waals surface area contributed by atoms with Crippen molar-refractivity contribution in [2.75, 3.05) is 36.8 Å². The molecule has 0 bridgehead atoms. The number of anilines is 2. The Labute approximate surface area is 270 Å². The molecule has 0 saturated carbocycles. The van der Waals surface area contributed by atoms with Crippen molar-refractivity contribution in [1.82, 2.24) is 14.0 Å². The normalized spacial score (nSPS) is 13.3. The maximum atomic E-state index is 15.0. The van der Waals surface area contributed by atoms with Crippen molar-refractivity contribution < 1.29 is 36.3 Å². The Bertz CT molecular complexity index is 2090. The van der Waals surface area contributed by atoms with Crippen LogP contribution in [0.3, 0.4) is 0 Å². The first kappa shape index (κ1) is 32.2. The number of nitrogens with zero attached hydrogens (tertiary/aromatic N) is 4. The summed E-state index contributed by atoms with van der Waals surface area (Å²) in [6.45, 7) is 0.367. The van der Waals surface area contributed by atoms with Gasteiger partial charge in [0.15, 0.2) is 0 Å². The van der Waals surface area contributed by atoms with E-state index in [4.69, 9.17) is 16.3 Å². The second kappa shape index (κ2) is 12.1. The van der Waals surface area contributed by atoms with Gasteiger partial charge in [-0.1, -0.05) is 12.1 Å². The number of ether oxygens (including phenoxy) is 1. The maximum Gasteiger partial charge on any atom is 0.417 e. The van der Waals surface area contributed by atoms with Gasteiger partial charge in [0.05, 0.1) is 28.0 Å². The zero-order valence-corrected chi connectivity index (χ0v) is 26.1. The van der Waals surface area contributed by atoms with Crippen molar-refractivity contribution in [1.29, 1.82) is 0 Å². The predicted molar refractivity (Wildman–Crippen MR) is 168 cm³/mol. The molecule has 0 unspecified atom stereocenters. The number of carbonyl (C=O) groups is 2. The van der Waals surface area contributed by atoms with Crippen LogP contribution in [0.4, 0.5) is 33.3 Å². The summed E-state index contributed by atoms with van der Waals surface area (Å²) in [5, 5.41) is 2.09. The van der Waals surface area contributed by atoms with Gasteiger partial charge in [-0.05, 0) is 42.3 Å². The minimum absolute atomic E-state index is 0.00145. The van der Waals surface area contributed by atoms with Crippen molar-refractivity contribution in [2.45, 2.75) is 19.2 Å². The summed E-state index contributed by atoms with van der Waals surface area (Å²) >= 11 is 5.50. The van der Waals surface area contributed by atoms with Crippen LogP contribution in [0, 0.1) is 11.6 Å². The van der Waals surface area contributed by atoms with Crippen LogP contribution in [0.25, 0.3) is 27.7 Å². The van der Waals surface area contributed by atoms with E-state index < -0.39 is 40.8 Å². The van der Waals surface area contributed by atoms with E-state index in [-0.39, 0.29) is 52.6 Å². The number of methoxy groups -OCH3 is 1. The number of likely N-dealkylation sites (N-methyl/N-ethyl adjacent to an activating group) is 1. The van der Waals surface area contributed by atoms with Crippen LogP contribution in [0.1, 0.15) is 33.0 Å². The number of alkyl halides is 4. The highest BCUT2D eigenvalue weighted by Crippen LogP contribution is 2.48. The van der Waals surface area contributed by atoms with Crippen LogP contribution < -0.4 is 10.2 Å². The van der Waals surface area contributed by atoms with Crippen LogP contribution >= 0.6 is 11.6 Å². The standard InChI is InChI=1S/C33H27ClF5N5O3/c1-42-11-8-17-14-24(32(46)18-12-21(35)28(22(36)13-18)41-26(45)7-4-9-34)44-10-5-6-19(30(17)44)27-20(33(37,38)39)15-23-29(31(27)42)40-25(16-47-3)43(23)2/h4-7,10,12-15H,8-9,11,16H2,1-3H3,(H,41,45)/b7-4+. The third-order valence-electron chi connectivity index (χ3n) is 8.20. The van der Waals surface area contributed by atoms with Crippen molar-refractivity contribution in [3.8, 4) is 11.1 Å². The number of aryl methyl sites for hydroxylation is 1. The number of rotatable bonds is 7. The highest BCUT2D eigenvalue weighted by Gasteiger charge is 2.39. The fourth-order valence-electron chi connectivity index (χ4n) is 6.07. The van der Waals surface area contributed by atoms with Gasteiger partial charge >= 0.3 is 6.18 Å². The van der Waals surface area contributed by atoms with E-state index in [1.165, 1.54) is 35.9 Å². The average Bonchev–Trinajstić information content (AvgIpc) is 3.55. The highest BCUT2D eigenvalue weighted by atomic mass is 35.5. The molecule has 1 N–H and O–H groups in total. The lowest BCUT2D eigenvalue weighted by molar-refractivity contribution is -0.137. The van der Waals surface area contributed by atoms with Crippen molar-refractivity contribution >= 4 is 51.2 Å². The summed E-state index contributed by atoms with van der Waals surface area (Å²) in [5.41, 5.74) is 0.0185. The number of halogens is 6. The van der Waals surface area contributed by atoms with Gasteiger partial charge in [-0.2, -0.15) is 13.2 Å². The third-order valence-corrected chi connectivity index (χ3v) is 8.38. The molecule has 0 saturated heterocycles. The maximum absolute atomic E-state index is 15.0. The molecule has 0 aliphatic carbocycles. The third kappa shape index (κ3) is 5.52. The van der Waals surface area contributed by atoms with Gasteiger partial charge in [0.1, 0.15) is 35.3 Å². The van der Waals surface area contributed by atoms with E-state index in [1.54, 1.807) is 29.6 Å².